The third kappa shape index (κ3) is 2.97. The van der Waals surface area contributed by atoms with Crippen molar-refractivity contribution in [2.45, 2.75) is 104 Å². The number of aliphatic carboxylic acids is 1. The number of hydrogen-bond acceptors (Lipinski definition) is 2. The zero-order valence-electron chi connectivity index (χ0n) is 18.5. The molecule has 0 bridgehead atoms. The highest BCUT2D eigenvalue weighted by Crippen LogP contribution is 2.71. The minimum atomic E-state index is -0.644. The first kappa shape index (κ1) is 20.7. The molecule has 28 heavy (non-hydrogen) atoms. The maximum atomic E-state index is 11.1. The van der Waals surface area contributed by atoms with Crippen LogP contribution in [-0.2, 0) is 4.79 Å². The van der Waals surface area contributed by atoms with E-state index in [0.29, 0.717) is 34.5 Å². The van der Waals surface area contributed by atoms with Crippen LogP contribution >= 0.6 is 0 Å². The van der Waals surface area contributed by atoms with Crippen molar-refractivity contribution in [3.63, 3.8) is 0 Å². The second kappa shape index (κ2) is 7.00. The van der Waals surface area contributed by atoms with E-state index in [0.717, 1.165) is 37.0 Å². The molecule has 0 aromatic carbocycles. The van der Waals surface area contributed by atoms with Crippen molar-refractivity contribution in [2.24, 2.45) is 45.8 Å². The van der Waals surface area contributed by atoms with Crippen LogP contribution in [-0.4, -0.2) is 22.3 Å². The lowest BCUT2D eigenvalue weighted by molar-refractivity contribution is -0.171. The lowest BCUT2D eigenvalue weighted by Gasteiger charge is -2.65. The number of aliphatic hydroxyl groups excluding tert-OH is 1. The molecule has 0 heterocycles. The van der Waals surface area contributed by atoms with Crippen molar-refractivity contribution in [3.8, 4) is 0 Å². The molecular weight excluding hydrogens is 348 g/mol. The summed E-state index contributed by atoms with van der Waals surface area (Å²) >= 11 is 0. The molecule has 2 N–H and O–H groups in total. The molecule has 0 aromatic rings. The first-order valence-electron chi connectivity index (χ1n) is 12.0. The number of carboxylic acids is 1. The maximum Gasteiger partial charge on any atom is 0.303 e. The molecule has 3 heteroatoms. The van der Waals surface area contributed by atoms with E-state index in [1.54, 1.807) is 0 Å². The Hall–Kier alpha value is -0.570. The van der Waals surface area contributed by atoms with Gasteiger partial charge in [0, 0.05) is 6.42 Å². The average Bonchev–Trinajstić information content (AvgIpc) is 2.98. The molecule has 3 nitrogen and oxygen atoms in total. The van der Waals surface area contributed by atoms with E-state index >= 15 is 0 Å². The van der Waals surface area contributed by atoms with Gasteiger partial charge in [0.15, 0.2) is 0 Å². The molecule has 0 spiro atoms. The standard InChI is InChI=1S/C25H42O3/c1-16(5-8-22(27)28)19-6-7-20-18-10-12-23(2)15-17(26)9-14-25(23,4)21(18)11-13-24(19,20)3/h16-21,26H,5-15H2,1-4H3,(H,27,28)/t16?,17-,18?,19?,20?,21?,23?,24?,25?/m1/s1. The van der Waals surface area contributed by atoms with Crippen molar-refractivity contribution < 1.29 is 15.0 Å². The summed E-state index contributed by atoms with van der Waals surface area (Å²) in [6, 6.07) is 0. The Kier molecular flexibility index (Phi) is 5.17. The van der Waals surface area contributed by atoms with Gasteiger partial charge in [-0.25, -0.2) is 0 Å². The lowest BCUT2D eigenvalue weighted by atomic mass is 9.40. The Morgan fingerprint density at radius 1 is 1.00 bits per heavy atom. The van der Waals surface area contributed by atoms with Crippen molar-refractivity contribution in [2.75, 3.05) is 0 Å². The van der Waals surface area contributed by atoms with Gasteiger partial charge < -0.3 is 10.2 Å². The molecule has 0 amide bonds. The van der Waals surface area contributed by atoms with Gasteiger partial charge in [-0.05, 0) is 110 Å². The third-order valence-electron chi connectivity index (χ3n) is 10.9. The van der Waals surface area contributed by atoms with Crippen LogP contribution in [0.2, 0.25) is 0 Å². The number of aliphatic hydroxyl groups is 1. The van der Waals surface area contributed by atoms with Gasteiger partial charge >= 0.3 is 5.97 Å². The summed E-state index contributed by atoms with van der Waals surface area (Å²) in [5, 5.41) is 19.5. The van der Waals surface area contributed by atoms with E-state index < -0.39 is 5.97 Å². The molecule has 0 aromatic heterocycles. The van der Waals surface area contributed by atoms with Gasteiger partial charge in [-0.1, -0.05) is 27.7 Å². The Balaban J connectivity index is 1.54. The summed E-state index contributed by atoms with van der Waals surface area (Å²) in [5.41, 5.74) is 1.12. The van der Waals surface area contributed by atoms with Gasteiger partial charge in [-0.2, -0.15) is 0 Å². The predicted octanol–water partition coefficient (Wildman–Crippen LogP) is 5.90. The van der Waals surface area contributed by atoms with Crippen LogP contribution in [0.25, 0.3) is 0 Å². The minimum Gasteiger partial charge on any atom is -0.481 e. The second-order valence-corrected chi connectivity index (χ2v) is 11.9. The van der Waals surface area contributed by atoms with Crippen LogP contribution in [0.5, 0.6) is 0 Å². The van der Waals surface area contributed by atoms with Gasteiger partial charge in [0.1, 0.15) is 0 Å². The van der Waals surface area contributed by atoms with Crippen LogP contribution < -0.4 is 0 Å². The van der Waals surface area contributed by atoms with E-state index in [4.69, 9.17) is 5.11 Å². The average molecular weight is 391 g/mol. The maximum absolute atomic E-state index is 11.1. The monoisotopic (exact) mass is 390 g/mol. The Morgan fingerprint density at radius 3 is 2.46 bits per heavy atom. The van der Waals surface area contributed by atoms with Crippen LogP contribution in [0, 0.1) is 45.8 Å². The number of fused-ring (bicyclic) bond motifs is 5. The van der Waals surface area contributed by atoms with E-state index in [2.05, 4.69) is 27.7 Å². The fourth-order valence-electron chi connectivity index (χ4n) is 9.14. The molecule has 4 aliphatic rings. The molecular formula is C25H42O3. The zero-order valence-corrected chi connectivity index (χ0v) is 18.5. The van der Waals surface area contributed by atoms with Crippen molar-refractivity contribution >= 4 is 5.97 Å². The number of carbonyl (C=O) groups is 1. The number of hydrogen-bond donors (Lipinski definition) is 2. The molecule has 9 atom stereocenters. The van der Waals surface area contributed by atoms with Gasteiger partial charge in [0.2, 0.25) is 0 Å². The van der Waals surface area contributed by atoms with E-state index in [1.807, 2.05) is 0 Å². The molecule has 160 valence electrons. The van der Waals surface area contributed by atoms with Crippen molar-refractivity contribution in [1.82, 2.24) is 0 Å². The molecule has 4 fully saturated rings. The molecule has 0 aliphatic heterocycles. The molecule has 8 unspecified atom stereocenters. The molecule has 0 radical (unpaired) electrons. The zero-order chi connectivity index (χ0) is 20.3. The largest absolute Gasteiger partial charge is 0.481 e. The van der Waals surface area contributed by atoms with E-state index in [1.165, 1.54) is 44.9 Å². The molecule has 0 saturated heterocycles. The Bertz CT molecular complexity index is 617. The first-order chi connectivity index (χ1) is 13.1. The van der Waals surface area contributed by atoms with Gasteiger partial charge in [-0.15, -0.1) is 0 Å². The quantitative estimate of drug-likeness (QED) is 0.628. The second-order valence-electron chi connectivity index (χ2n) is 11.9. The molecule has 4 rings (SSSR count). The summed E-state index contributed by atoms with van der Waals surface area (Å²) in [6.07, 6.45) is 12.2. The van der Waals surface area contributed by atoms with Crippen molar-refractivity contribution in [1.29, 1.82) is 0 Å². The highest BCUT2D eigenvalue weighted by molar-refractivity contribution is 5.66. The van der Waals surface area contributed by atoms with Gasteiger partial charge in [0.05, 0.1) is 6.10 Å². The Labute approximate surface area is 171 Å². The fourth-order valence-corrected chi connectivity index (χ4v) is 9.14. The topological polar surface area (TPSA) is 57.5 Å². The van der Waals surface area contributed by atoms with E-state index in [9.17, 15) is 9.90 Å². The van der Waals surface area contributed by atoms with Gasteiger partial charge in [-0.3, -0.25) is 4.79 Å². The SMILES string of the molecule is CC(CCC(=O)O)C1CCC2C3CCC4(C)C[C@H](O)CCC4(C)C3CCC12C. The fraction of sp³-hybridized carbons (Fsp3) is 0.960. The highest BCUT2D eigenvalue weighted by Gasteiger charge is 2.63. The van der Waals surface area contributed by atoms with Gasteiger partial charge in [0.25, 0.3) is 0 Å². The van der Waals surface area contributed by atoms with Crippen LogP contribution in [0.4, 0.5) is 0 Å². The van der Waals surface area contributed by atoms with Crippen LogP contribution in [0.15, 0.2) is 0 Å². The smallest absolute Gasteiger partial charge is 0.303 e. The summed E-state index contributed by atoms with van der Waals surface area (Å²) < 4.78 is 0. The summed E-state index contributed by atoms with van der Waals surface area (Å²) in [4.78, 5) is 11.1. The predicted molar refractivity (Wildman–Crippen MR) is 112 cm³/mol. The summed E-state index contributed by atoms with van der Waals surface area (Å²) in [7, 11) is 0. The minimum absolute atomic E-state index is 0.0885. The molecule has 4 aliphatic carbocycles. The highest BCUT2D eigenvalue weighted by atomic mass is 16.4. The van der Waals surface area contributed by atoms with Crippen molar-refractivity contribution in [3.05, 3.63) is 0 Å². The van der Waals surface area contributed by atoms with Crippen LogP contribution in [0.3, 0.4) is 0 Å². The number of carboxylic acid groups (broad SMARTS) is 1. The summed E-state index contributed by atoms with van der Waals surface area (Å²) in [6.45, 7) is 9.92. The third-order valence-corrected chi connectivity index (χ3v) is 10.9. The lowest BCUT2D eigenvalue weighted by Crippen LogP contribution is -2.58. The van der Waals surface area contributed by atoms with Crippen LogP contribution in [0.1, 0.15) is 98.3 Å². The normalized spacial score (nSPS) is 51.7. The summed E-state index contributed by atoms with van der Waals surface area (Å²) in [5.74, 6) is 3.09. The Morgan fingerprint density at radius 2 is 1.75 bits per heavy atom. The first-order valence-corrected chi connectivity index (χ1v) is 12.0. The van der Waals surface area contributed by atoms with E-state index in [-0.39, 0.29) is 6.10 Å². The molecule has 4 saturated carbocycles. The number of rotatable bonds is 4.